The molecule has 1 saturated heterocycles. The summed E-state index contributed by atoms with van der Waals surface area (Å²) in [6, 6.07) is 1.05. The molecule has 0 spiro atoms. The van der Waals surface area contributed by atoms with E-state index >= 15 is 0 Å². The first kappa shape index (κ1) is 14.9. The fourth-order valence-corrected chi connectivity index (χ4v) is 2.14. The van der Waals surface area contributed by atoms with Gasteiger partial charge in [-0.25, -0.2) is 4.79 Å². The highest BCUT2D eigenvalue weighted by atomic mass is 19.1. The van der Waals surface area contributed by atoms with Crippen LogP contribution in [0.5, 0.6) is 0 Å². The Morgan fingerprint density at radius 2 is 2.10 bits per heavy atom. The van der Waals surface area contributed by atoms with E-state index in [1.165, 1.54) is 0 Å². The third kappa shape index (κ3) is 2.66. The van der Waals surface area contributed by atoms with Crippen molar-refractivity contribution >= 4 is 0 Å². The Labute approximate surface area is 112 Å². The number of aromatic nitrogens is 2. The van der Waals surface area contributed by atoms with Gasteiger partial charge in [0.05, 0.1) is 12.8 Å². The van der Waals surface area contributed by atoms with Crippen LogP contribution >= 0.6 is 0 Å². The number of hydrogen-bond acceptors (Lipinski definition) is 6. The van der Waals surface area contributed by atoms with E-state index < -0.39 is 48.6 Å². The van der Waals surface area contributed by atoms with Crippen LogP contribution in [-0.4, -0.2) is 56.0 Å². The van der Waals surface area contributed by atoms with Gasteiger partial charge in [-0.3, -0.25) is 18.7 Å². The minimum Gasteiger partial charge on any atom is -0.390 e. The maximum absolute atomic E-state index is 12.2. The molecule has 1 aromatic rings. The third-order valence-electron chi connectivity index (χ3n) is 3.18. The average molecular weight is 290 g/mol. The number of rotatable bonds is 4. The van der Waals surface area contributed by atoms with Gasteiger partial charge in [0, 0.05) is 18.7 Å². The van der Waals surface area contributed by atoms with Crippen molar-refractivity contribution in [1.29, 1.82) is 0 Å². The van der Waals surface area contributed by atoms with Crippen molar-refractivity contribution in [3.05, 3.63) is 33.1 Å². The van der Waals surface area contributed by atoms with Crippen molar-refractivity contribution in [3.63, 3.8) is 0 Å². The van der Waals surface area contributed by atoms with E-state index in [1.807, 2.05) is 4.98 Å². The van der Waals surface area contributed by atoms with E-state index in [-0.39, 0.29) is 6.42 Å². The highest BCUT2D eigenvalue weighted by Gasteiger charge is 2.46. The fourth-order valence-electron chi connectivity index (χ4n) is 2.14. The van der Waals surface area contributed by atoms with Gasteiger partial charge in [0.1, 0.15) is 18.3 Å². The monoisotopic (exact) mass is 290 g/mol. The first-order valence-corrected chi connectivity index (χ1v) is 6.03. The average Bonchev–Trinajstić information content (AvgIpc) is 2.67. The minimum absolute atomic E-state index is 0.262. The molecule has 2 rings (SSSR count). The third-order valence-corrected chi connectivity index (χ3v) is 3.18. The lowest BCUT2D eigenvalue weighted by molar-refractivity contribution is -0.0887. The largest absolute Gasteiger partial charge is 0.390 e. The number of ether oxygens (including phenoxy) is 1. The van der Waals surface area contributed by atoms with Crippen LogP contribution in [0.4, 0.5) is 4.39 Å². The molecule has 1 aromatic heterocycles. The molecule has 0 saturated carbocycles. The van der Waals surface area contributed by atoms with Crippen molar-refractivity contribution < 1.29 is 24.4 Å². The zero-order valence-corrected chi connectivity index (χ0v) is 10.3. The van der Waals surface area contributed by atoms with Gasteiger partial charge < -0.3 is 20.1 Å². The Morgan fingerprint density at radius 3 is 2.70 bits per heavy atom. The molecule has 2 unspecified atom stereocenters. The second-order valence-corrected chi connectivity index (χ2v) is 4.53. The number of nitrogens with zero attached hydrogens (tertiary/aromatic N) is 1. The quantitative estimate of drug-likeness (QED) is 0.502. The van der Waals surface area contributed by atoms with Crippen LogP contribution < -0.4 is 11.2 Å². The van der Waals surface area contributed by atoms with Crippen molar-refractivity contribution in [1.82, 2.24) is 9.55 Å². The maximum atomic E-state index is 12.2. The Morgan fingerprint density at radius 1 is 1.40 bits per heavy atom. The summed E-state index contributed by atoms with van der Waals surface area (Å²) in [7, 11) is 0. The van der Waals surface area contributed by atoms with Crippen LogP contribution in [0.2, 0.25) is 0 Å². The van der Waals surface area contributed by atoms with E-state index in [0.29, 0.717) is 0 Å². The van der Waals surface area contributed by atoms with Crippen LogP contribution in [0.3, 0.4) is 0 Å². The smallest absolute Gasteiger partial charge is 0.330 e. The highest BCUT2D eigenvalue weighted by molar-refractivity contribution is 4.95. The maximum Gasteiger partial charge on any atom is 0.330 e. The lowest BCUT2D eigenvalue weighted by Crippen LogP contribution is -2.39. The van der Waals surface area contributed by atoms with Gasteiger partial charge in [-0.1, -0.05) is 0 Å². The van der Waals surface area contributed by atoms with Crippen molar-refractivity contribution in [2.45, 2.75) is 37.1 Å². The second-order valence-electron chi connectivity index (χ2n) is 4.53. The van der Waals surface area contributed by atoms with E-state index in [9.17, 15) is 29.3 Å². The molecule has 20 heavy (non-hydrogen) atoms. The number of nitrogens with one attached hydrogen (secondary N) is 1. The van der Waals surface area contributed by atoms with E-state index in [1.54, 1.807) is 0 Å². The van der Waals surface area contributed by atoms with Crippen LogP contribution in [-0.2, 0) is 4.74 Å². The zero-order valence-electron chi connectivity index (χ0n) is 10.3. The number of aliphatic hydroxyl groups is 3. The lowest BCUT2D eigenvalue weighted by atomic mass is 10.0. The number of hydrogen-bond donors (Lipinski definition) is 4. The molecule has 0 aliphatic carbocycles. The number of H-pyrrole nitrogens is 1. The molecular weight excluding hydrogens is 275 g/mol. The fraction of sp³-hybridized carbons (Fsp3) is 0.636. The molecule has 112 valence electrons. The molecule has 0 amide bonds. The van der Waals surface area contributed by atoms with Gasteiger partial charge >= 0.3 is 5.69 Å². The van der Waals surface area contributed by atoms with Gasteiger partial charge in [0.15, 0.2) is 6.23 Å². The summed E-state index contributed by atoms with van der Waals surface area (Å²) in [5, 5.41) is 29.3. The molecular formula is C11H15FN2O6. The second kappa shape index (κ2) is 5.83. The van der Waals surface area contributed by atoms with Gasteiger partial charge in [0.25, 0.3) is 5.56 Å². The molecule has 9 heteroatoms. The summed E-state index contributed by atoms with van der Waals surface area (Å²) in [6.45, 7) is -0.812. The molecule has 0 radical (unpaired) electrons. The molecule has 4 N–H and O–H groups in total. The van der Waals surface area contributed by atoms with Crippen molar-refractivity contribution in [2.75, 3.05) is 6.67 Å². The van der Waals surface area contributed by atoms with Crippen LogP contribution in [0.1, 0.15) is 12.6 Å². The van der Waals surface area contributed by atoms with E-state index in [4.69, 9.17) is 4.74 Å². The summed E-state index contributed by atoms with van der Waals surface area (Å²) in [5.74, 6) is 0. The first-order chi connectivity index (χ1) is 9.45. The lowest BCUT2D eigenvalue weighted by Gasteiger charge is -2.19. The van der Waals surface area contributed by atoms with E-state index in [2.05, 4.69) is 0 Å². The summed E-state index contributed by atoms with van der Waals surface area (Å²) < 4.78 is 18.3. The molecule has 1 aliphatic rings. The molecule has 1 fully saturated rings. The summed E-state index contributed by atoms with van der Waals surface area (Å²) in [6.07, 6.45) is -5.92. The van der Waals surface area contributed by atoms with Crippen LogP contribution in [0.25, 0.3) is 0 Å². The molecule has 0 bridgehead atoms. The number of aliphatic hydroxyl groups excluding tert-OH is 3. The normalized spacial score (nSPS) is 31.4. The minimum atomic E-state index is -1.49. The van der Waals surface area contributed by atoms with Gasteiger partial charge in [-0.15, -0.1) is 0 Å². The van der Waals surface area contributed by atoms with Crippen molar-refractivity contribution in [2.24, 2.45) is 0 Å². The molecule has 0 aromatic carbocycles. The van der Waals surface area contributed by atoms with Gasteiger partial charge in [-0.2, -0.15) is 0 Å². The molecule has 1 aliphatic heterocycles. The number of alkyl halides is 1. The molecule has 2 heterocycles. The number of halogens is 1. The Hall–Kier alpha value is -1.55. The Kier molecular flexibility index (Phi) is 4.33. The highest BCUT2D eigenvalue weighted by Crippen LogP contribution is 2.30. The Balaban J connectivity index is 2.26. The summed E-state index contributed by atoms with van der Waals surface area (Å²) in [4.78, 5) is 24.5. The summed E-state index contributed by atoms with van der Waals surface area (Å²) in [5.41, 5.74) is -1.44. The standard InChI is InChI=1S/C11H15FN2O6/c12-3-1-5(15)9-7(17)8(18)10(20-9)14-4-2-6(16)13-11(14)19/h2,4-5,7-10,15,17-18H,1,3H2,(H,13,16,19)/t5?,7-,8-,9+,10?/m0/s1. The predicted octanol–water partition coefficient (Wildman–Crippen LogP) is -2.12. The predicted molar refractivity (Wildman–Crippen MR) is 63.8 cm³/mol. The zero-order chi connectivity index (χ0) is 14.9. The topological polar surface area (TPSA) is 125 Å². The summed E-state index contributed by atoms with van der Waals surface area (Å²) >= 11 is 0. The van der Waals surface area contributed by atoms with Crippen LogP contribution in [0.15, 0.2) is 21.9 Å². The SMILES string of the molecule is O=c1ccn(C2O[C@H](C(O)CCF)[C@@H](O)[C@@H]2O)c(=O)[nH]1. The molecule has 5 atom stereocenters. The van der Waals surface area contributed by atoms with Gasteiger partial charge in [-0.05, 0) is 0 Å². The first-order valence-electron chi connectivity index (χ1n) is 6.03. The molecule has 8 nitrogen and oxygen atoms in total. The van der Waals surface area contributed by atoms with E-state index in [0.717, 1.165) is 16.8 Å². The van der Waals surface area contributed by atoms with Crippen molar-refractivity contribution in [3.8, 4) is 0 Å². The van der Waals surface area contributed by atoms with Crippen LogP contribution in [0, 0.1) is 0 Å². The number of aromatic amines is 1. The van der Waals surface area contributed by atoms with Gasteiger partial charge in [0.2, 0.25) is 0 Å². The Bertz CT molecular complexity index is 573.